The van der Waals surface area contributed by atoms with Crippen molar-refractivity contribution >= 4 is 0 Å². The number of hydrogen-bond acceptors (Lipinski definition) is 5. The number of hydrogen-bond donors (Lipinski definition) is 2. The lowest BCUT2D eigenvalue weighted by molar-refractivity contribution is 0.183. The molecule has 15 heavy (non-hydrogen) atoms. The van der Waals surface area contributed by atoms with E-state index in [0.29, 0.717) is 12.4 Å². The Morgan fingerprint density at radius 3 is 3.13 bits per heavy atom. The van der Waals surface area contributed by atoms with E-state index in [2.05, 4.69) is 14.9 Å². The number of rotatable bonds is 3. The third-order valence-corrected chi connectivity index (χ3v) is 2.66. The minimum Gasteiger partial charge on any atom is -0.395 e. The van der Waals surface area contributed by atoms with Gasteiger partial charge in [-0.1, -0.05) is 0 Å². The maximum Gasteiger partial charge on any atom is 0.142 e. The molecule has 2 heterocycles. The largest absolute Gasteiger partial charge is 0.395 e. The lowest BCUT2D eigenvalue weighted by Crippen LogP contribution is -2.33. The van der Waals surface area contributed by atoms with Crippen LogP contribution >= 0.6 is 0 Å². The van der Waals surface area contributed by atoms with Crippen molar-refractivity contribution in [2.24, 2.45) is 5.73 Å². The second-order valence-corrected chi connectivity index (χ2v) is 3.71. The number of aliphatic hydroxyl groups is 1. The smallest absolute Gasteiger partial charge is 0.142 e. The normalized spacial score (nSPS) is 16.4. The van der Waals surface area contributed by atoms with Crippen molar-refractivity contribution in [1.82, 2.24) is 14.9 Å². The summed E-state index contributed by atoms with van der Waals surface area (Å²) in [6.45, 7) is 3.11. The van der Waals surface area contributed by atoms with Crippen LogP contribution in [0, 0.1) is 0 Å². The van der Waals surface area contributed by atoms with E-state index in [0.717, 1.165) is 37.3 Å². The Morgan fingerprint density at radius 2 is 2.40 bits per heavy atom. The predicted molar refractivity (Wildman–Crippen MR) is 56.0 cm³/mol. The second-order valence-electron chi connectivity index (χ2n) is 3.71. The third kappa shape index (κ3) is 2.31. The minimum absolute atomic E-state index is 0.205. The van der Waals surface area contributed by atoms with Crippen molar-refractivity contribution in [2.75, 3.05) is 19.7 Å². The quantitative estimate of drug-likeness (QED) is 0.686. The summed E-state index contributed by atoms with van der Waals surface area (Å²) in [7, 11) is 0. The highest BCUT2D eigenvalue weighted by Gasteiger charge is 2.17. The van der Waals surface area contributed by atoms with Crippen molar-refractivity contribution in [2.45, 2.75) is 19.5 Å². The zero-order chi connectivity index (χ0) is 10.7. The van der Waals surface area contributed by atoms with Crippen molar-refractivity contribution < 1.29 is 5.11 Å². The zero-order valence-corrected chi connectivity index (χ0v) is 8.69. The van der Waals surface area contributed by atoms with Gasteiger partial charge in [0.2, 0.25) is 0 Å². The number of β-amino-alcohol motifs (C(OH)–C–C–N with tert-alkyl or cyclic N) is 1. The SMILES string of the molecule is NCc1ncc2c(n1)CCN(CCO)C2. The van der Waals surface area contributed by atoms with Crippen LogP contribution in [0.3, 0.4) is 0 Å². The van der Waals surface area contributed by atoms with Crippen LogP contribution in [-0.2, 0) is 19.5 Å². The van der Waals surface area contributed by atoms with E-state index in [1.54, 1.807) is 0 Å². The van der Waals surface area contributed by atoms with E-state index in [9.17, 15) is 0 Å². The number of nitrogens with two attached hydrogens (primary N) is 1. The fourth-order valence-corrected chi connectivity index (χ4v) is 1.85. The van der Waals surface area contributed by atoms with Gasteiger partial charge in [0.15, 0.2) is 0 Å². The Hall–Kier alpha value is -1.04. The molecule has 1 aromatic heterocycles. The average molecular weight is 208 g/mol. The summed E-state index contributed by atoms with van der Waals surface area (Å²) in [6, 6.07) is 0. The van der Waals surface area contributed by atoms with Gasteiger partial charge in [-0.05, 0) is 0 Å². The molecule has 1 aliphatic heterocycles. The van der Waals surface area contributed by atoms with Gasteiger partial charge in [-0.25, -0.2) is 9.97 Å². The molecule has 0 unspecified atom stereocenters. The Labute approximate surface area is 88.9 Å². The maximum absolute atomic E-state index is 8.86. The summed E-state index contributed by atoms with van der Waals surface area (Å²) in [5.74, 6) is 0.712. The Balaban J connectivity index is 2.13. The Kier molecular flexibility index (Phi) is 3.25. The lowest BCUT2D eigenvalue weighted by atomic mass is 10.1. The van der Waals surface area contributed by atoms with Crippen LogP contribution in [0.5, 0.6) is 0 Å². The number of aliphatic hydroxyl groups excluding tert-OH is 1. The molecule has 0 amide bonds. The van der Waals surface area contributed by atoms with Gasteiger partial charge in [-0.15, -0.1) is 0 Å². The van der Waals surface area contributed by atoms with E-state index < -0.39 is 0 Å². The van der Waals surface area contributed by atoms with Gasteiger partial charge in [-0.2, -0.15) is 0 Å². The van der Waals surface area contributed by atoms with Gasteiger partial charge in [0.05, 0.1) is 13.2 Å². The summed E-state index contributed by atoms with van der Waals surface area (Å²) in [4.78, 5) is 10.8. The van der Waals surface area contributed by atoms with E-state index >= 15 is 0 Å². The van der Waals surface area contributed by atoms with Gasteiger partial charge in [-0.3, -0.25) is 4.90 Å². The van der Waals surface area contributed by atoms with Gasteiger partial charge in [0.1, 0.15) is 5.82 Å². The van der Waals surface area contributed by atoms with E-state index in [1.807, 2.05) is 6.20 Å². The highest BCUT2D eigenvalue weighted by Crippen LogP contribution is 2.15. The summed E-state index contributed by atoms with van der Waals surface area (Å²) in [5.41, 5.74) is 7.76. The Bertz CT molecular complexity index is 342. The fraction of sp³-hybridized carbons (Fsp3) is 0.600. The van der Waals surface area contributed by atoms with Crippen LogP contribution in [0.4, 0.5) is 0 Å². The van der Waals surface area contributed by atoms with E-state index in [1.165, 1.54) is 0 Å². The molecule has 0 aliphatic carbocycles. The first-order valence-corrected chi connectivity index (χ1v) is 5.20. The number of aromatic nitrogens is 2. The molecule has 3 N–H and O–H groups in total. The van der Waals surface area contributed by atoms with E-state index in [-0.39, 0.29) is 6.61 Å². The van der Waals surface area contributed by atoms with Crippen LogP contribution in [0.1, 0.15) is 17.1 Å². The third-order valence-electron chi connectivity index (χ3n) is 2.66. The van der Waals surface area contributed by atoms with Gasteiger partial charge >= 0.3 is 0 Å². The molecule has 5 heteroatoms. The Morgan fingerprint density at radius 1 is 1.53 bits per heavy atom. The molecule has 1 aliphatic rings. The molecular formula is C10H16N4O. The monoisotopic (exact) mass is 208 g/mol. The molecule has 82 valence electrons. The molecule has 2 rings (SSSR count). The topological polar surface area (TPSA) is 75.3 Å². The molecule has 5 nitrogen and oxygen atoms in total. The van der Waals surface area contributed by atoms with Gasteiger partial charge in [0.25, 0.3) is 0 Å². The van der Waals surface area contributed by atoms with Crippen molar-refractivity contribution in [1.29, 1.82) is 0 Å². The molecule has 0 aromatic carbocycles. The predicted octanol–water partition coefficient (Wildman–Crippen LogP) is -0.714. The molecule has 0 atom stereocenters. The molecule has 1 aromatic rings. The summed E-state index contributed by atoms with van der Waals surface area (Å²) in [5, 5.41) is 8.86. The van der Waals surface area contributed by atoms with Crippen LogP contribution in [0.25, 0.3) is 0 Å². The number of nitrogens with zero attached hydrogens (tertiary/aromatic N) is 3. The summed E-state index contributed by atoms with van der Waals surface area (Å²) < 4.78 is 0. The van der Waals surface area contributed by atoms with Crippen LogP contribution in [0.15, 0.2) is 6.20 Å². The average Bonchev–Trinajstić information content (AvgIpc) is 2.29. The molecule has 0 bridgehead atoms. The molecule has 0 saturated carbocycles. The molecular weight excluding hydrogens is 192 g/mol. The van der Waals surface area contributed by atoms with Crippen LogP contribution in [-0.4, -0.2) is 39.7 Å². The molecule has 0 spiro atoms. The maximum atomic E-state index is 8.86. The molecule has 0 fully saturated rings. The van der Waals surface area contributed by atoms with Crippen LogP contribution in [0.2, 0.25) is 0 Å². The lowest BCUT2D eigenvalue weighted by Gasteiger charge is -2.27. The standard InChI is InChI=1S/C10H16N4O/c11-5-10-12-6-8-7-14(3-4-15)2-1-9(8)13-10/h6,15H,1-5,7,11H2. The summed E-state index contributed by atoms with van der Waals surface area (Å²) in [6.07, 6.45) is 2.78. The minimum atomic E-state index is 0.205. The first kappa shape index (κ1) is 10.5. The fourth-order valence-electron chi connectivity index (χ4n) is 1.85. The first-order valence-electron chi connectivity index (χ1n) is 5.20. The zero-order valence-electron chi connectivity index (χ0n) is 8.69. The summed E-state index contributed by atoms with van der Waals surface area (Å²) >= 11 is 0. The second kappa shape index (κ2) is 4.65. The molecule has 0 radical (unpaired) electrons. The van der Waals surface area contributed by atoms with Crippen molar-refractivity contribution in [3.8, 4) is 0 Å². The van der Waals surface area contributed by atoms with Crippen LogP contribution < -0.4 is 5.73 Å². The van der Waals surface area contributed by atoms with Gasteiger partial charge < -0.3 is 10.8 Å². The molecule has 0 saturated heterocycles. The van der Waals surface area contributed by atoms with Crippen molar-refractivity contribution in [3.63, 3.8) is 0 Å². The number of fused-ring (bicyclic) bond motifs is 1. The highest BCUT2D eigenvalue weighted by molar-refractivity contribution is 5.20. The van der Waals surface area contributed by atoms with Gasteiger partial charge in [0, 0.05) is 43.5 Å². The van der Waals surface area contributed by atoms with E-state index in [4.69, 9.17) is 10.8 Å². The highest BCUT2D eigenvalue weighted by atomic mass is 16.3. The first-order chi connectivity index (χ1) is 7.33. The van der Waals surface area contributed by atoms with Crippen molar-refractivity contribution in [3.05, 3.63) is 23.3 Å².